The molecule has 0 aliphatic heterocycles. The van der Waals surface area contributed by atoms with E-state index < -0.39 is 5.97 Å². The number of hydrogen-bond donors (Lipinski definition) is 1. The number of aryl methyl sites for hydroxylation is 1. The molecular formula is C18H13ClO3. The van der Waals surface area contributed by atoms with Gasteiger partial charge in [-0.05, 0) is 54.3 Å². The van der Waals surface area contributed by atoms with Crippen molar-refractivity contribution in [3.8, 4) is 0 Å². The van der Waals surface area contributed by atoms with Crippen molar-refractivity contribution < 1.29 is 14.7 Å². The summed E-state index contributed by atoms with van der Waals surface area (Å²) >= 11 is 5.85. The number of ketones is 1. The molecule has 2 aromatic carbocycles. The normalized spacial score (nSPS) is 15.7. The highest BCUT2D eigenvalue weighted by Crippen LogP contribution is 2.27. The van der Waals surface area contributed by atoms with Gasteiger partial charge in [0.2, 0.25) is 0 Å². The van der Waals surface area contributed by atoms with Crippen molar-refractivity contribution in [3.05, 3.63) is 75.3 Å². The monoisotopic (exact) mass is 312 g/mol. The molecule has 0 spiro atoms. The van der Waals surface area contributed by atoms with E-state index >= 15 is 0 Å². The number of fused-ring (bicyclic) bond motifs is 1. The molecule has 0 atom stereocenters. The summed E-state index contributed by atoms with van der Waals surface area (Å²) in [4.78, 5) is 23.6. The minimum Gasteiger partial charge on any atom is -0.478 e. The molecule has 0 fully saturated rings. The maximum absolute atomic E-state index is 12.6. The molecule has 4 heteroatoms. The Bertz CT molecular complexity index is 788. The fraction of sp³-hybridized carbons (Fsp3) is 0.111. The van der Waals surface area contributed by atoms with Crippen LogP contribution in [0.1, 0.15) is 38.3 Å². The molecule has 110 valence electrons. The van der Waals surface area contributed by atoms with Gasteiger partial charge in [0.05, 0.1) is 5.56 Å². The lowest BCUT2D eigenvalue weighted by atomic mass is 9.85. The topological polar surface area (TPSA) is 54.4 Å². The third-order valence-corrected chi connectivity index (χ3v) is 4.02. The average Bonchev–Trinajstić information content (AvgIpc) is 2.52. The smallest absolute Gasteiger partial charge is 0.335 e. The number of benzene rings is 2. The Morgan fingerprint density at radius 3 is 2.50 bits per heavy atom. The van der Waals surface area contributed by atoms with Gasteiger partial charge in [0.1, 0.15) is 0 Å². The molecule has 2 aromatic rings. The summed E-state index contributed by atoms with van der Waals surface area (Å²) in [6.07, 6.45) is 3.23. The fourth-order valence-electron chi connectivity index (χ4n) is 2.59. The van der Waals surface area contributed by atoms with E-state index in [0.29, 0.717) is 22.6 Å². The van der Waals surface area contributed by atoms with Crippen molar-refractivity contribution in [1.82, 2.24) is 0 Å². The summed E-state index contributed by atoms with van der Waals surface area (Å²) in [6.45, 7) is 0. The van der Waals surface area contributed by atoms with Crippen molar-refractivity contribution >= 4 is 29.4 Å². The molecule has 3 nitrogen and oxygen atoms in total. The van der Waals surface area contributed by atoms with E-state index in [1.54, 1.807) is 24.3 Å². The molecule has 22 heavy (non-hydrogen) atoms. The second-order valence-electron chi connectivity index (χ2n) is 5.23. The van der Waals surface area contributed by atoms with Gasteiger partial charge in [-0.25, -0.2) is 4.79 Å². The van der Waals surface area contributed by atoms with E-state index in [1.807, 2.05) is 18.2 Å². The molecule has 1 aliphatic rings. The summed E-state index contributed by atoms with van der Waals surface area (Å²) in [5.74, 6) is -1.12. The molecule has 3 rings (SSSR count). The molecule has 0 aromatic heterocycles. The largest absolute Gasteiger partial charge is 0.478 e. The molecule has 0 saturated carbocycles. The number of carbonyl (C=O) groups is 2. The molecular weight excluding hydrogens is 300 g/mol. The Morgan fingerprint density at radius 1 is 1.09 bits per heavy atom. The zero-order chi connectivity index (χ0) is 15.7. The van der Waals surface area contributed by atoms with E-state index in [9.17, 15) is 9.59 Å². The molecule has 0 amide bonds. The summed E-state index contributed by atoms with van der Waals surface area (Å²) in [7, 11) is 0. The van der Waals surface area contributed by atoms with Gasteiger partial charge < -0.3 is 5.11 Å². The third-order valence-electron chi connectivity index (χ3n) is 3.77. The SMILES string of the molecule is O=C(O)c1ccc2c(c1)C(=O)C(=Cc1ccc(Cl)cc1)CC2. The van der Waals surface area contributed by atoms with Crippen LogP contribution in [0.25, 0.3) is 6.08 Å². The first-order valence-electron chi connectivity index (χ1n) is 6.91. The quantitative estimate of drug-likeness (QED) is 0.843. The summed E-state index contributed by atoms with van der Waals surface area (Å²) in [5.41, 5.74) is 3.14. The van der Waals surface area contributed by atoms with E-state index in [2.05, 4.69) is 0 Å². The molecule has 0 heterocycles. The second-order valence-corrected chi connectivity index (χ2v) is 5.66. The first-order chi connectivity index (χ1) is 10.5. The van der Waals surface area contributed by atoms with Crippen LogP contribution in [0.15, 0.2) is 48.0 Å². The van der Waals surface area contributed by atoms with Gasteiger partial charge in [-0.15, -0.1) is 0 Å². The van der Waals surface area contributed by atoms with Crippen molar-refractivity contribution in [3.63, 3.8) is 0 Å². The standard InChI is InChI=1S/C18H13ClO3/c19-15-7-1-11(2-8-15)9-13-5-3-12-4-6-14(18(21)22)10-16(12)17(13)20/h1-2,4,6-10H,3,5H2,(H,21,22). The van der Waals surface area contributed by atoms with Crippen LogP contribution < -0.4 is 0 Å². The first kappa shape index (κ1) is 14.5. The van der Waals surface area contributed by atoms with Gasteiger partial charge in [-0.1, -0.05) is 29.8 Å². The Labute approximate surface area is 132 Å². The van der Waals surface area contributed by atoms with Gasteiger partial charge in [-0.3, -0.25) is 4.79 Å². The van der Waals surface area contributed by atoms with Crippen LogP contribution in [0.4, 0.5) is 0 Å². The van der Waals surface area contributed by atoms with Crippen molar-refractivity contribution in [2.45, 2.75) is 12.8 Å². The highest BCUT2D eigenvalue weighted by atomic mass is 35.5. The van der Waals surface area contributed by atoms with Crippen molar-refractivity contribution in [2.75, 3.05) is 0 Å². The second kappa shape index (κ2) is 5.78. The van der Waals surface area contributed by atoms with E-state index in [4.69, 9.17) is 16.7 Å². The number of rotatable bonds is 2. The third kappa shape index (κ3) is 2.81. The van der Waals surface area contributed by atoms with Gasteiger partial charge in [0.25, 0.3) is 0 Å². The van der Waals surface area contributed by atoms with Gasteiger partial charge in [0.15, 0.2) is 5.78 Å². The van der Waals surface area contributed by atoms with Crippen molar-refractivity contribution in [1.29, 1.82) is 0 Å². The zero-order valence-corrected chi connectivity index (χ0v) is 12.4. The Morgan fingerprint density at radius 2 is 1.82 bits per heavy atom. The molecule has 0 unspecified atom stereocenters. The molecule has 0 saturated heterocycles. The molecule has 0 bridgehead atoms. The van der Waals surface area contributed by atoms with Crippen LogP contribution in [-0.2, 0) is 6.42 Å². The summed E-state index contributed by atoms with van der Waals surface area (Å²) in [6, 6.07) is 12.0. The zero-order valence-electron chi connectivity index (χ0n) is 11.7. The first-order valence-corrected chi connectivity index (χ1v) is 7.29. The number of carboxylic acid groups (broad SMARTS) is 1. The Kier molecular flexibility index (Phi) is 3.82. The minimum atomic E-state index is -1.02. The predicted octanol–water partition coefficient (Wildman–Crippen LogP) is 4.25. The van der Waals surface area contributed by atoms with Crippen LogP contribution in [0, 0.1) is 0 Å². The summed E-state index contributed by atoms with van der Waals surface area (Å²) in [5, 5.41) is 9.71. The van der Waals surface area contributed by atoms with Crippen LogP contribution in [0.3, 0.4) is 0 Å². The van der Waals surface area contributed by atoms with E-state index in [-0.39, 0.29) is 11.3 Å². The van der Waals surface area contributed by atoms with Crippen LogP contribution in [-0.4, -0.2) is 16.9 Å². The average molecular weight is 313 g/mol. The number of carboxylic acids is 1. The number of halogens is 1. The predicted molar refractivity (Wildman–Crippen MR) is 85.5 cm³/mol. The van der Waals surface area contributed by atoms with E-state index in [0.717, 1.165) is 17.5 Å². The summed E-state index contributed by atoms with van der Waals surface area (Å²) < 4.78 is 0. The minimum absolute atomic E-state index is 0.0979. The van der Waals surface area contributed by atoms with Gasteiger partial charge in [0, 0.05) is 16.2 Å². The number of carbonyl (C=O) groups excluding carboxylic acids is 1. The number of aromatic carboxylic acids is 1. The van der Waals surface area contributed by atoms with Crippen molar-refractivity contribution in [2.24, 2.45) is 0 Å². The molecule has 1 N–H and O–H groups in total. The molecule has 0 radical (unpaired) electrons. The maximum atomic E-state index is 12.6. The van der Waals surface area contributed by atoms with Crippen LogP contribution in [0.2, 0.25) is 5.02 Å². The number of hydrogen-bond acceptors (Lipinski definition) is 2. The number of Topliss-reactive ketones (excluding diaryl/α,β-unsaturated/α-hetero) is 1. The Balaban J connectivity index is 1.98. The van der Waals surface area contributed by atoms with Crippen LogP contribution in [0.5, 0.6) is 0 Å². The van der Waals surface area contributed by atoms with Gasteiger partial charge in [-0.2, -0.15) is 0 Å². The number of allylic oxidation sites excluding steroid dienone is 1. The van der Waals surface area contributed by atoms with Gasteiger partial charge >= 0.3 is 5.97 Å². The van der Waals surface area contributed by atoms with E-state index in [1.165, 1.54) is 6.07 Å². The highest BCUT2D eigenvalue weighted by molar-refractivity contribution is 6.30. The fourth-order valence-corrected chi connectivity index (χ4v) is 2.72. The Hall–Kier alpha value is -2.39. The van der Waals surface area contributed by atoms with Crippen LogP contribution >= 0.6 is 11.6 Å². The lowest BCUT2D eigenvalue weighted by molar-refractivity contribution is 0.0697. The maximum Gasteiger partial charge on any atom is 0.335 e. The molecule has 1 aliphatic carbocycles. The lowest BCUT2D eigenvalue weighted by Crippen LogP contribution is -2.15. The lowest BCUT2D eigenvalue weighted by Gasteiger charge is -2.18. The highest BCUT2D eigenvalue weighted by Gasteiger charge is 2.23.